The number of nitrogens with one attached hydrogen (secondary N) is 2. The summed E-state index contributed by atoms with van der Waals surface area (Å²) in [6, 6.07) is 0. The van der Waals surface area contributed by atoms with Crippen LogP contribution in [0.3, 0.4) is 0 Å². The van der Waals surface area contributed by atoms with Crippen molar-refractivity contribution in [1.82, 2.24) is 19.7 Å². The topological polar surface area (TPSA) is 67.7 Å². The Labute approximate surface area is 170 Å². The molecule has 6 nitrogen and oxygen atoms in total. The molecule has 2 aromatic heterocycles. The van der Waals surface area contributed by atoms with Crippen LogP contribution in [0.4, 0.5) is 11.8 Å². The minimum Gasteiger partial charge on any atom is -0.364 e. The van der Waals surface area contributed by atoms with Gasteiger partial charge < -0.3 is 10.6 Å². The van der Waals surface area contributed by atoms with Crippen LogP contribution in [0.25, 0.3) is 11.0 Å². The normalized spacial score (nSPS) is 13.8. The maximum atomic E-state index is 4.86. The number of aryl methyl sites for hydroxylation is 1. The summed E-state index contributed by atoms with van der Waals surface area (Å²) in [5.41, 5.74) is 1.03. The first kappa shape index (κ1) is 22.4. The van der Waals surface area contributed by atoms with Gasteiger partial charge in [-0.1, -0.05) is 41.5 Å². The van der Waals surface area contributed by atoms with Crippen LogP contribution < -0.4 is 10.6 Å². The molecule has 2 N–H and O–H groups in total. The molecule has 0 saturated carbocycles. The molecule has 2 aromatic rings. The quantitative estimate of drug-likeness (QED) is 0.672. The smallest absolute Gasteiger partial charge is 0.227 e. The van der Waals surface area contributed by atoms with Crippen molar-refractivity contribution in [1.29, 1.82) is 0 Å². The highest BCUT2D eigenvalue weighted by atomic mass is 15.3. The van der Waals surface area contributed by atoms with Crippen LogP contribution >= 0.6 is 0 Å². The molecule has 0 radical (unpaired) electrons. The van der Waals surface area contributed by atoms with E-state index in [1.807, 2.05) is 13.2 Å². The molecule has 0 atom stereocenters. The number of hydrogen-bond donors (Lipinski definition) is 2. The van der Waals surface area contributed by atoms with Crippen LogP contribution in [0.1, 0.15) is 82.1 Å². The molecule has 0 fully saturated rings. The maximum absolute atomic E-state index is 4.86. The van der Waals surface area contributed by atoms with Crippen LogP contribution in [0.2, 0.25) is 0 Å². The lowest BCUT2D eigenvalue weighted by molar-refractivity contribution is 0.301. The van der Waals surface area contributed by atoms with Gasteiger partial charge in [0.2, 0.25) is 5.95 Å². The first-order valence-electron chi connectivity index (χ1n) is 10.2. The Balaban J connectivity index is 2.41. The van der Waals surface area contributed by atoms with Crippen molar-refractivity contribution in [2.75, 3.05) is 10.6 Å². The predicted molar refractivity (Wildman–Crippen MR) is 120 cm³/mol. The highest BCUT2D eigenvalue weighted by Crippen LogP contribution is 2.33. The van der Waals surface area contributed by atoms with Crippen molar-refractivity contribution in [3.63, 3.8) is 0 Å². The summed E-state index contributed by atoms with van der Waals surface area (Å²) in [5, 5.41) is 12.6. The molecule has 2 rings (SSSR count). The third kappa shape index (κ3) is 6.35. The second kappa shape index (κ2) is 7.20. The fourth-order valence-corrected chi connectivity index (χ4v) is 4.54. The molecule has 2 heterocycles. The van der Waals surface area contributed by atoms with E-state index in [-0.39, 0.29) is 21.9 Å². The third-order valence-corrected chi connectivity index (χ3v) is 4.44. The largest absolute Gasteiger partial charge is 0.364 e. The molecule has 0 spiro atoms. The first-order valence-corrected chi connectivity index (χ1v) is 10.2. The van der Waals surface area contributed by atoms with Gasteiger partial charge in [-0.15, -0.1) is 0 Å². The van der Waals surface area contributed by atoms with Crippen molar-refractivity contribution in [3.8, 4) is 0 Å². The molecular weight excluding hydrogens is 348 g/mol. The van der Waals surface area contributed by atoms with Crippen molar-refractivity contribution < 1.29 is 0 Å². The number of rotatable bonds is 6. The number of fused-ring (bicyclic) bond motifs is 1. The van der Waals surface area contributed by atoms with Crippen LogP contribution in [-0.4, -0.2) is 30.8 Å². The first-order chi connectivity index (χ1) is 12.5. The second-order valence-corrected chi connectivity index (χ2v) is 11.9. The van der Waals surface area contributed by atoms with E-state index in [0.29, 0.717) is 5.95 Å². The lowest BCUT2D eigenvalue weighted by Gasteiger charge is -2.35. The van der Waals surface area contributed by atoms with E-state index < -0.39 is 0 Å². The standard InChI is InChI=1S/C22H40N6/c1-19(2,3)13-21(7,8)26-16-15-12-23-28(11)17(15)25-18(24-16)27-22(9,10)14-20(4,5)6/h12H,13-14H2,1-11H3,(H2,24,25,26,27). The highest BCUT2D eigenvalue weighted by Gasteiger charge is 2.29. The van der Waals surface area contributed by atoms with Gasteiger partial charge in [0.25, 0.3) is 0 Å². The van der Waals surface area contributed by atoms with E-state index in [2.05, 4.69) is 85.0 Å². The molecule has 0 unspecified atom stereocenters. The van der Waals surface area contributed by atoms with E-state index in [9.17, 15) is 0 Å². The SMILES string of the molecule is Cn1ncc2c(NC(C)(C)CC(C)(C)C)nc(NC(C)(C)CC(C)(C)C)nc21. The summed E-state index contributed by atoms with van der Waals surface area (Å²) >= 11 is 0. The summed E-state index contributed by atoms with van der Waals surface area (Å²) in [7, 11) is 1.92. The van der Waals surface area contributed by atoms with Crippen molar-refractivity contribution in [2.45, 2.75) is 93.2 Å². The number of anilines is 2. The Bertz CT molecular complexity index is 818. The average molecular weight is 389 g/mol. The van der Waals surface area contributed by atoms with Gasteiger partial charge in [0.05, 0.1) is 11.6 Å². The Morgan fingerprint density at radius 2 is 1.29 bits per heavy atom. The minimum absolute atomic E-state index is 0.104. The van der Waals surface area contributed by atoms with E-state index in [1.165, 1.54) is 0 Å². The Morgan fingerprint density at radius 3 is 1.79 bits per heavy atom. The molecule has 0 saturated heterocycles. The maximum Gasteiger partial charge on any atom is 0.227 e. The lowest BCUT2D eigenvalue weighted by Crippen LogP contribution is -2.37. The van der Waals surface area contributed by atoms with Gasteiger partial charge in [-0.05, 0) is 51.4 Å². The summed E-state index contributed by atoms with van der Waals surface area (Å²) in [6.45, 7) is 22.4. The number of hydrogen-bond acceptors (Lipinski definition) is 5. The Hall–Kier alpha value is -1.85. The average Bonchev–Trinajstić information content (AvgIpc) is 2.73. The van der Waals surface area contributed by atoms with Gasteiger partial charge in [0.1, 0.15) is 5.82 Å². The summed E-state index contributed by atoms with van der Waals surface area (Å²) in [5.74, 6) is 1.47. The molecule has 158 valence electrons. The summed E-state index contributed by atoms with van der Waals surface area (Å²) in [6.07, 6.45) is 3.87. The zero-order valence-electron chi connectivity index (χ0n) is 19.8. The Morgan fingerprint density at radius 1 is 0.786 bits per heavy atom. The van der Waals surface area contributed by atoms with E-state index in [4.69, 9.17) is 9.97 Å². The van der Waals surface area contributed by atoms with Gasteiger partial charge in [-0.3, -0.25) is 4.68 Å². The zero-order valence-corrected chi connectivity index (χ0v) is 19.8. The fraction of sp³-hybridized carbons (Fsp3) is 0.773. The van der Waals surface area contributed by atoms with Gasteiger partial charge in [0, 0.05) is 18.1 Å². The van der Waals surface area contributed by atoms with Crippen LogP contribution in [0.5, 0.6) is 0 Å². The molecular formula is C22H40N6. The van der Waals surface area contributed by atoms with E-state index >= 15 is 0 Å². The molecule has 0 aliphatic heterocycles. The van der Waals surface area contributed by atoms with Gasteiger partial charge in [-0.2, -0.15) is 15.1 Å². The second-order valence-electron chi connectivity index (χ2n) is 11.9. The molecule has 28 heavy (non-hydrogen) atoms. The molecule has 0 aromatic carbocycles. The molecule has 6 heteroatoms. The monoisotopic (exact) mass is 388 g/mol. The minimum atomic E-state index is -0.122. The van der Waals surface area contributed by atoms with Gasteiger partial charge >= 0.3 is 0 Å². The molecule has 0 bridgehead atoms. The van der Waals surface area contributed by atoms with E-state index in [1.54, 1.807) is 4.68 Å². The third-order valence-electron chi connectivity index (χ3n) is 4.44. The number of nitrogens with zero attached hydrogens (tertiary/aromatic N) is 4. The van der Waals surface area contributed by atoms with Crippen molar-refractivity contribution >= 4 is 22.8 Å². The number of aromatic nitrogens is 4. The summed E-state index contributed by atoms with van der Waals surface area (Å²) < 4.78 is 1.81. The molecule has 0 aliphatic rings. The van der Waals surface area contributed by atoms with Crippen LogP contribution in [-0.2, 0) is 7.05 Å². The molecule has 0 amide bonds. The van der Waals surface area contributed by atoms with Gasteiger partial charge in [0.15, 0.2) is 5.65 Å². The predicted octanol–water partition coefficient (Wildman–Crippen LogP) is 5.62. The van der Waals surface area contributed by atoms with Gasteiger partial charge in [-0.25, -0.2) is 0 Å². The fourth-order valence-electron chi connectivity index (χ4n) is 4.54. The van der Waals surface area contributed by atoms with Crippen LogP contribution in [0, 0.1) is 10.8 Å². The van der Waals surface area contributed by atoms with Crippen molar-refractivity contribution in [2.24, 2.45) is 17.9 Å². The zero-order chi connectivity index (χ0) is 21.5. The lowest BCUT2D eigenvalue weighted by atomic mass is 9.82. The van der Waals surface area contributed by atoms with Crippen molar-refractivity contribution in [3.05, 3.63) is 6.20 Å². The van der Waals surface area contributed by atoms with Crippen LogP contribution in [0.15, 0.2) is 6.20 Å². The van der Waals surface area contributed by atoms with E-state index in [0.717, 1.165) is 29.7 Å². The summed E-state index contributed by atoms with van der Waals surface area (Å²) in [4.78, 5) is 9.61. The Kier molecular flexibility index (Phi) is 5.77. The molecule has 0 aliphatic carbocycles. The highest BCUT2D eigenvalue weighted by molar-refractivity contribution is 5.87.